The molecule has 1 N–H and O–H groups in total. The van der Waals surface area contributed by atoms with Crippen molar-refractivity contribution in [1.29, 1.82) is 0 Å². The van der Waals surface area contributed by atoms with Crippen molar-refractivity contribution in [3.63, 3.8) is 0 Å². The molecule has 0 saturated heterocycles. The number of hydrogen-bond donors (Lipinski definition) is 1. The normalized spacial score (nSPS) is 10.9. The van der Waals surface area contributed by atoms with Crippen LogP contribution in [0.1, 0.15) is 48.2 Å². The Hall–Kier alpha value is -2.51. The molecule has 0 aliphatic carbocycles. The van der Waals surface area contributed by atoms with Crippen LogP contribution in [0.15, 0.2) is 12.4 Å². The predicted octanol–water partition coefficient (Wildman–Crippen LogP) is 0.979. The maximum absolute atomic E-state index is 12.0. The molecular weight excluding hydrogens is 290 g/mol. The number of carbonyl (C=O) groups excluding carboxylic acids is 2. The summed E-state index contributed by atoms with van der Waals surface area (Å²) in [6, 6.07) is 0. The van der Waals surface area contributed by atoms with E-state index in [1.807, 2.05) is 0 Å². The number of esters is 1. The van der Waals surface area contributed by atoms with Gasteiger partial charge in [0.1, 0.15) is 11.3 Å². The van der Waals surface area contributed by atoms with Crippen LogP contribution < -0.4 is 0 Å². The highest BCUT2D eigenvalue weighted by Crippen LogP contribution is 2.09. The summed E-state index contributed by atoms with van der Waals surface area (Å²) in [5.74, 6) is -2.07. The summed E-state index contributed by atoms with van der Waals surface area (Å²) >= 11 is 0. The lowest BCUT2D eigenvalue weighted by Crippen LogP contribution is -2.32. The second-order valence-corrected chi connectivity index (χ2v) is 5.66. The third-order valence-corrected chi connectivity index (χ3v) is 2.51. The average molecular weight is 309 g/mol. The number of ether oxygens (including phenoxy) is 1. The van der Waals surface area contributed by atoms with Gasteiger partial charge in [0.2, 0.25) is 0 Å². The van der Waals surface area contributed by atoms with Crippen molar-refractivity contribution in [2.75, 3.05) is 13.6 Å². The Kier molecular flexibility index (Phi) is 5.56. The van der Waals surface area contributed by atoms with Gasteiger partial charge in [-0.1, -0.05) is 0 Å². The van der Waals surface area contributed by atoms with E-state index in [9.17, 15) is 14.4 Å². The largest absolute Gasteiger partial charge is 0.476 e. The summed E-state index contributed by atoms with van der Waals surface area (Å²) in [4.78, 5) is 43.0. The van der Waals surface area contributed by atoms with Gasteiger partial charge < -0.3 is 14.7 Å². The molecule has 0 fully saturated rings. The summed E-state index contributed by atoms with van der Waals surface area (Å²) in [5.41, 5.74) is -0.803. The SMILES string of the molecule is CN(CCC(=O)OC(C)(C)C)C(=O)c1cnc(C(=O)O)cn1. The van der Waals surface area contributed by atoms with E-state index in [2.05, 4.69) is 9.97 Å². The van der Waals surface area contributed by atoms with Crippen LogP contribution in [0.25, 0.3) is 0 Å². The molecule has 1 amide bonds. The minimum absolute atomic E-state index is 0.0108. The highest BCUT2D eigenvalue weighted by Gasteiger charge is 2.19. The zero-order chi connectivity index (χ0) is 16.9. The average Bonchev–Trinajstić information content (AvgIpc) is 2.42. The van der Waals surface area contributed by atoms with Crippen molar-refractivity contribution in [3.8, 4) is 0 Å². The van der Waals surface area contributed by atoms with Gasteiger partial charge in [-0.15, -0.1) is 0 Å². The van der Waals surface area contributed by atoms with Crippen LogP contribution in [0.2, 0.25) is 0 Å². The first-order chi connectivity index (χ1) is 10.1. The zero-order valence-corrected chi connectivity index (χ0v) is 13.0. The summed E-state index contributed by atoms with van der Waals surface area (Å²) in [6.45, 7) is 5.45. The number of carboxylic acid groups (broad SMARTS) is 1. The fraction of sp³-hybridized carbons (Fsp3) is 0.500. The molecule has 1 aromatic rings. The van der Waals surface area contributed by atoms with Crippen molar-refractivity contribution >= 4 is 17.8 Å². The molecule has 0 aromatic carbocycles. The number of aromatic nitrogens is 2. The van der Waals surface area contributed by atoms with E-state index in [0.717, 1.165) is 12.4 Å². The van der Waals surface area contributed by atoms with Gasteiger partial charge in [-0.3, -0.25) is 9.59 Å². The van der Waals surface area contributed by atoms with Gasteiger partial charge in [-0.25, -0.2) is 14.8 Å². The highest BCUT2D eigenvalue weighted by atomic mass is 16.6. The molecular formula is C14H19N3O5. The Labute approximate surface area is 128 Å². The highest BCUT2D eigenvalue weighted by molar-refractivity contribution is 5.92. The molecule has 8 nitrogen and oxygen atoms in total. The Balaban J connectivity index is 2.58. The minimum Gasteiger partial charge on any atom is -0.476 e. The van der Waals surface area contributed by atoms with E-state index >= 15 is 0 Å². The quantitative estimate of drug-likeness (QED) is 0.807. The molecule has 1 aromatic heterocycles. The maximum Gasteiger partial charge on any atom is 0.356 e. The number of carbonyl (C=O) groups is 3. The van der Waals surface area contributed by atoms with Crippen LogP contribution in [0.4, 0.5) is 0 Å². The second kappa shape index (κ2) is 6.97. The zero-order valence-electron chi connectivity index (χ0n) is 13.0. The molecule has 120 valence electrons. The topological polar surface area (TPSA) is 110 Å². The molecule has 0 aliphatic rings. The molecule has 0 saturated carbocycles. The summed E-state index contributed by atoms with van der Waals surface area (Å²) in [6.07, 6.45) is 2.16. The number of nitrogens with zero attached hydrogens (tertiary/aromatic N) is 3. The van der Waals surface area contributed by atoms with Crippen molar-refractivity contribution < 1.29 is 24.2 Å². The van der Waals surface area contributed by atoms with Gasteiger partial charge in [-0.2, -0.15) is 0 Å². The van der Waals surface area contributed by atoms with Crippen molar-refractivity contribution in [1.82, 2.24) is 14.9 Å². The first-order valence-electron chi connectivity index (χ1n) is 6.63. The van der Waals surface area contributed by atoms with E-state index in [1.54, 1.807) is 20.8 Å². The number of amides is 1. The molecule has 0 spiro atoms. The van der Waals surface area contributed by atoms with Gasteiger partial charge >= 0.3 is 11.9 Å². The molecule has 0 atom stereocenters. The minimum atomic E-state index is -1.22. The van der Waals surface area contributed by atoms with E-state index in [1.165, 1.54) is 11.9 Å². The van der Waals surface area contributed by atoms with Crippen LogP contribution >= 0.6 is 0 Å². The standard InChI is InChI=1S/C14H19N3O5/c1-14(2,3)22-11(18)5-6-17(4)12(19)9-7-16-10(8-15-9)13(20)21/h7-8H,5-6H2,1-4H3,(H,20,21). The number of aromatic carboxylic acids is 1. The second-order valence-electron chi connectivity index (χ2n) is 5.66. The van der Waals surface area contributed by atoms with Crippen LogP contribution in [-0.4, -0.2) is 57.0 Å². The van der Waals surface area contributed by atoms with Crippen LogP contribution in [0, 0.1) is 0 Å². The van der Waals surface area contributed by atoms with Gasteiger partial charge in [0.25, 0.3) is 5.91 Å². The van der Waals surface area contributed by atoms with Crippen LogP contribution in [0.5, 0.6) is 0 Å². The van der Waals surface area contributed by atoms with Crippen molar-refractivity contribution in [2.24, 2.45) is 0 Å². The number of rotatable bonds is 5. The fourth-order valence-corrected chi connectivity index (χ4v) is 1.50. The first-order valence-corrected chi connectivity index (χ1v) is 6.63. The van der Waals surface area contributed by atoms with Crippen LogP contribution in [-0.2, 0) is 9.53 Å². The molecule has 0 unspecified atom stereocenters. The lowest BCUT2D eigenvalue weighted by atomic mass is 10.2. The van der Waals surface area contributed by atoms with Crippen LogP contribution in [0.3, 0.4) is 0 Å². The van der Waals surface area contributed by atoms with Gasteiger partial charge in [-0.05, 0) is 20.8 Å². The predicted molar refractivity (Wildman–Crippen MR) is 76.4 cm³/mol. The maximum atomic E-state index is 12.0. The molecule has 8 heteroatoms. The monoisotopic (exact) mass is 309 g/mol. The molecule has 0 radical (unpaired) electrons. The Morgan fingerprint density at radius 3 is 2.18 bits per heavy atom. The molecule has 1 heterocycles. The third kappa shape index (κ3) is 5.47. The van der Waals surface area contributed by atoms with Gasteiger partial charge in [0.05, 0.1) is 18.8 Å². The van der Waals surface area contributed by atoms with Gasteiger partial charge in [0.15, 0.2) is 5.69 Å². The molecule has 1 rings (SSSR count). The lowest BCUT2D eigenvalue weighted by Gasteiger charge is -2.21. The molecule has 22 heavy (non-hydrogen) atoms. The number of hydrogen-bond acceptors (Lipinski definition) is 6. The summed E-state index contributed by atoms with van der Waals surface area (Å²) < 4.78 is 5.15. The Bertz CT molecular complexity index is 563. The van der Waals surface area contributed by atoms with E-state index in [-0.39, 0.29) is 24.4 Å². The lowest BCUT2D eigenvalue weighted by molar-refractivity contribution is -0.154. The van der Waals surface area contributed by atoms with Crippen molar-refractivity contribution in [3.05, 3.63) is 23.8 Å². The fourth-order valence-electron chi connectivity index (χ4n) is 1.50. The summed E-state index contributed by atoms with van der Waals surface area (Å²) in [7, 11) is 1.51. The van der Waals surface area contributed by atoms with E-state index < -0.39 is 23.4 Å². The van der Waals surface area contributed by atoms with E-state index in [4.69, 9.17) is 9.84 Å². The smallest absolute Gasteiger partial charge is 0.356 e. The van der Waals surface area contributed by atoms with Gasteiger partial charge in [0, 0.05) is 13.6 Å². The Morgan fingerprint density at radius 2 is 1.73 bits per heavy atom. The Morgan fingerprint density at radius 1 is 1.18 bits per heavy atom. The number of carboxylic acids is 1. The third-order valence-electron chi connectivity index (χ3n) is 2.51. The molecule has 0 bridgehead atoms. The molecule has 0 aliphatic heterocycles. The van der Waals surface area contributed by atoms with E-state index in [0.29, 0.717) is 0 Å². The van der Waals surface area contributed by atoms with Crippen molar-refractivity contribution in [2.45, 2.75) is 32.8 Å². The summed E-state index contributed by atoms with van der Waals surface area (Å²) in [5, 5.41) is 8.71. The first kappa shape index (κ1) is 17.5.